The lowest BCUT2D eigenvalue weighted by molar-refractivity contribution is 0.582. The summed E-state index contributed by atoms with van der Waals surface area (Å²) in [6.07, 6.45) is 0. The van der Waals surface area contributed by atoms with Gasteiger partial charge >= 0.3 is 5.69 Å². The smallest absolute Gasteiger partial charge is 0.343 e. The molecule has 1 aromatic heterocycles. The third-order valence-corrected chi connectivity index (χ3v) is 5.16. The minimum atomic E-state index is -4.35. The van der Waals surface area contributed by atoms with E-state index in [1.54, 1.807) is 0 Å². The standard InChI is InChI=1S/C14H10ClN3O4S/c15-8-1-6-11-12(7-8)17-14(20)18(13(11)19)23(21,22)10-4-2-9(16)3-5-10/h1-7H,16H2,(H,17,20). The summed E-state index contributed by atoms with van der Waals surface area (Å²) in [5.74, 6) is 0. The first kappa shape index (κ1) is 15.3. The predicted octanol–water partition coefficient (Wildman–Crippen LogP) is 1.16. The zero-order valence-corrected chi connectivity index (χ0v) is 13.1. The third kappa shape index (κ3) is 2.51. The Morgan fingerprint density at radius 3 is 2.35 bits per heavy atom. The zero-order chi connectivity index (χ0) is 16.8. The number of aromatic nitrogens is 2. The topological polar surface area (TPSA) is 115 Å². The maximum atomic E-state index is 12.6. The molecule has 0 bridgehead atoms. The van der Waals surface area contributed by atoms with Gasteiger partial charge in [0.05, 0.1) is 15.8 Å². The molecule has 0 fully saturated rings. The van der Waals surface area contributed by atoms with Crippen molar-refractivity contribution in [2.75, 3.05) is 5.73 Å². The highest BCUT2D eigenvalue weighted by Gasteiger charge is 2.23. The maximum absolute atomic E-state index is 12.6. The number of fused-ring (bicyclic) bond motifs is 1. The van der Waals surface area contributed by atoms with Gasteiger partial charge in [-0.3, -0.25) is 4.79 Å². The molecule has 0 saturated heterocycles. The van der Waals surface area contributed by atoms with Crippen molar-refractivity contribution in [1.82, 2.24) is 8.96 Å². The molecular weight excluding hydrogens is 342 g/mol. The number of benzene rings is 2. The van der Waals surface area contributed by atoms with Crippen LogP contribution in [0.3, 0.4) is 0 Å². The van der Waals surface area contributed by atoms with Crippen LogP contribution in [0, 0.1) is 0 Å². The Labute approximate surface area is 135 Å². The van der Waals surface area contributed by atoms with Gasteiger partial charge in [-0.05, 0) is 42.5 Å². The first-order valence-corrected chi connectivity index (χ1v) is 8.18. The van der Waals surface area contributed by atoms with E-state index in [0.717, 1.165) is 0 Å². The largest absolute Gasteiger partial charge is 0.399 e. The molecule has 0 aliphatic rings. The van der Waals surface area contributed by atoms with Crippen molar-refractivity contribution in [1.29, 1.82) is 0 Å². The average Bonchev–Trinajstić information content (AvgIpc) is 2.46. The van der Waals surface area contributed by atoms with Crippen LogP contribution in [0.2, 0.25) is 5.02 Å². The van der Waals surface area contributed by atoms with Crippen LogP contribution < -0.4 is 17.0 Å². The summed E-state index contributed by atoms with van der Waals surface area (Å²) in [5.41, 5.74) is 4.02. The van der Waals surface area contributed by atoms with E-state index in [4.69, 9.17) is 17.3 Å². The van der Waals surface area contributed by atoms with Gasteiger partial charge in [0, 0.05) is 10.7 Å². The number of H-pyrrole nitrogens is 1. The van der Waals surface area contributed by atoms with Crippen molar-refractivity contribution in [3.8, 4) is 0 Å². The first-order valence-electron chi connectivity index (χ1n) is 6.36. The summed E-state index contributed by atoms with van der Waals surface area (Å²) >= 11 is 5.80. The molecule has 3 rings (SSSR count). The molecule has 0 unspecified atom stereocenters. The van der Waals surface area contributed by atoms with Gasteiger partial charge in [0.15, 0.2) is 0 Å². The molecular formula is C14H10ClN3O4S. The zero-order valence-electron chi connectivity index (χ0n) is 11.5. The fourth-order valence-corrected chi connectivity index (χ4v) is 3.58. The number of nitrogens with two attached hydrogens (primary N) is 1. The quantitative estimate of drug-likeness (QED) is 0.672. The fourth-order valence-electron chi connectivity index (χ4n) is 2.14. The van der Waals surface area contributed by atoms with Gasteiger partial charge in [-0.25, -0.2) is 13.2 Å². The molecule has 0 aliphatic carbocycles. The van der Waals surface area contributed by atoms with Gasteiger partial charge in [-0.2, -0.15) is 0 Å². The van der Waals surface area contributed by atoms with Crippen molar-refractivity contribution < 1.29 is 8.42 Å². The normalized spacial score (nSPS) is 11.7. The molecule has 118 valence electrons. The van der Waals surface area contributed by atoms with Gasteiger partial charge < -0.3 is 10.7 Å². The number of anilines is 1. The lowest BCUT2D eigenvalue weighted by Gasteiger charge is -2.08. The molecule has 0 saturated carbocycles. The highest BCUT2D eigenvalue weighted by atomic mass is 35.5. The monoisotopic (exact) mass is 351 g/mol. The maximum Gasteiger partial charge on any atom is 0.343 e. The van der Waals surface area contributed by atoms with Crippen LogP contribution in [0.1, 0.15) is 0 Å². The molecule has 3 N–H and O–H groups in total. The van der Waals surface area contributed by atoms with Crippen molar-refractivity contribution in [3.63, 3.8) is 0 Å². The van der Waals surface area contributed by atoms with Crippen LogP contribution in [0.15, 0.2) is 56.9 Å². The van der Waals surface area contributed by atoms with E-state index in [0.29, 0.717) is 10.7 Å². The van der Waals surface area contributed by atoms with Crippen molar-refractivity contribution in [3.05, 3.63) is 68.3 Å². The summed E-state index contributed by atoms with van der Waals surface area (Å²) in [7, 11) is -4.35. The number of hydrogen-bond donors (Lipinski definition) is 2. The SMILES string of the molecule is Nc1ccc(S(=O)(=O)n2c(=O)[nH]c3cc(Cl)ccc3c2=O)cc1. The second-order valence-electron chi connectivity index (χ2n) is 4.76. The molecule has 7 nitrogen and oxygen atoms in total. The number of hydrogen-bond acceptors (Lipinski definition) is 5. The number of nitrogens with zero attached hydrogens (tertiary/aromatic N) is 1. The van der Waals surface area contributed by atoms with E-state index >= 15 is 0 Å². The Bertz CT molecular complexity index is 1130. The molecule has 9 heteroatoms. The number of rotatable bonds is 2. The molecule has 0 atom stereocenters. The minimum Gasteiger partial charge on any atom is -0.399 e. The van der Waals surface area contributed by atoms with Crippen LogP contribution in [-0.4, -0.2) is 17.4 Å². The fraction of sp³-hybridized carbons (Fsp3) is 0. The Morgan fingerprint density at radius 2 is 1.70 bits per heavy atom. The molecule has 0 amide bonds. The summed E-state index contributed by atoms with van der Waals surface area (Å²) in [6.45, 7) is 0. The lowest BCUT2D eigenvalue weighted by atomic mass is 10.2. The predicted molar refractivity (Wildman–Crippen MR) is 87.3 cm³/mol. The lowest BCUT2D eigenvalue weighted by Crippen LogP contribution is -2.39. The highest BCUT2D eigenvalue weighted by molar-refractivity contribution is 7.90. The third-order valence-electron chi connectivity index (χ3n) is 3.24. The first-order chi connectivity index (χ1) is 10.8. The molecule has 0 radical (unpaired) electrons. The van der Waals surface area contributed by atoms with Crippen LogP contribution in [0.25, 0.3) is 10.9 Å². The van der Waals surface area contributed by atoms with E-state index in [1.807, 2.05) is 0 Å². The van der Waals surface area contributed by atoms with Crippen LogP contribution in [0.5, 0.6) is 0 Å². The van der Waals surface area contributed by atoms with Crippen LogP contribution in [0.4, 0.5) is 5.69 Å². The van der Waals surface area contributed by atoms with Crippen molar-refractivity contribution in [2.45, 2.75) is 4.90 Å². The Morgan fingerprint density at radius 1 is 1.04 bits per heavy atom. The Kier molecular flexibility index (Phi) is 3.50. The number of halogens is 1. The van der Waals surface area contributed by atoms with Gasteiger partial charge in [-0.1, -0.05) is 11.6 Å². The van der Waals surface area contributed by atoms with Crippen LogP contribution >= 0.6 is 11.6 Å². The summed E-state index contributed by atoms with van der Waals surface area (Å²) in [5, 5.41) is 0.347. The highest BCUT2D eigenvalue weighted by Crippen LogP contribution is 2.16. The molecule has 1 heterocycles. The molecule has 23 heavy (non-hydrogen) atoms. The molecule has 3 aromatic rings. The van der Waals surface area contributed by atoms with Gasteiger partial charge in [0.25, 0.3) is 15.6 Å². The van der Waals surface area contributed by atoms with Gasteiger partial charge in [0.2, 0.25) is 0 Å². The van der Waals surface area contributed by atoms with E-state index in [9.17, 15) is 18.0 Å². The summed E-state index contributed by atoms with van der Waals surface area (Å²) in [6, 6.07) is 9.35. The average molecular weight is 352 g/mol. The minimum absolute atomic E-state index is 0.0352. The Hall–Kier alpha value is -2.58. The van der Waals surface area contributed by atoms with E-state index in [2.05, 4.69) is 4.98 Å². The Balaban J connectivity index is 2.36. The molecule has 0 spiro atoms. The van der Waals surface area contributed by atoms with Crippen molar-refractivity contribution >= 4 is 38.2 Å². The summed E-state index contributed by atoms with van der Waals surface area (Å²) in [4.78, 5) is 26.7. The molecule has 2 aromatic carbocycles. The van der Waals surface area contributed by atoms with Crippen LogP contribution in [-0.2, 0) is 10.0 Å². The number of aromatic amines is 1. The second kappa shape index (κ2) is 5.25. The van der Waals surface area contributed by atoms with E-state index < -0.39 is 21.3 Å². The molecule has 0 aliphatic heterocycles. The summed E-state index contributed by atoms with van der Waals surface area (Å²) < 4.78 is 25.3. The van der Waals surface area contributed by atoms with E-state index in [1.165, 1.54) is 42.5 Å². The van der Waals surface area contributed by atoms with Crippen molar-refractivity contribution in [2.24, 2.45) is 0 Å². The number of nitrogens with one attached hydrogen (secondary N) is 1. The van der Waals surface area contributed by atoms with Gasteiger partial charge in [0.1, 0.15) is 0 Å². The number of nitrogen functional groups attached to an aromatic ring is 1. The van der Waals surface area contributed by atoms with Gasteiger partial charge in [-0.15, -0.1) is 3.97 Å². The van der Waals surface area contributed by atoms with E-state index in [-0.39, 0.29) is 19.8 Å². The second-order valence-corrected chi connectivity index (χ2v) is 6.99.